The lowest BCUT2D eigenvalue weighted by molar-refractivity contribution is 0.0214. The van der Waals surface area contributed by atoms with Crippen LogP contribution in [0.2, 0.25) is 0 Å². The van der Waals surface area contributed by atoms with Crippen molar-refractivity contribution in [2.75, 3.05) is 13.1 Å². The van der Waals surface area contributed by atoms with Gasteiger partial charge in [0.15, 0.2) is 0 Å². The first-order valence-electron chi connectivity index (χ1n) is 5.12. The number of hydrogen-bond acceptors (Lipinski definition) is 3. The Kier molecular flexibility index (Phi) is 3.75. The zero-order chi connectivity index (χ0) is 10.7. The van der Waals surface area contributed by atoms with E-state index in [1.807, 2.05) is 20.8 Å². The highest BCUT2D eigenvalue weighted by Gasteiger charge is 2.27. The lowest BCUT2D eigenvalue weighted by atomic mass is 9.98. The zero-order valence-corrected chi connectivity index (χ0v) is 9.06. The van der Waals surface area contributed by atoms with E-state index >= 15 is 0 Å². The number of carbonyl (C=O) groups is 1. The number of piperidine rings is 1. The van der Waals surface area contributed by atoms with E-state index in [1.54, 1.807) is 4.90 Å². The summed E-state index contributed by atoms with van der Waals surface area (Å²) in [6.45, 7) is 6.75. The minimum atomic E-state index is -0.404. The molecule has 0 aromatic carbocycles. The van der Waals surface area contributed by atoms with E-state index in [0.29, 0.717) is 19.0 Å². The summed E-state index contributed by atoms with van der Waals surface area (Å²) in [4.78, 5) is 13.1. The number of hydrogen-bond donors (Lipinski definition) is 1. The molecule has 82 valence electrons. The van der Waals surface area contributed by atoms with Crippen molar-refractivity contribution in [3.05, 3.63) is 0 Å². The number of nitrogens with zero attached hydrogens (tertiary/aromatic N) is 1. The monoisotopic (exact) mass is 201 g/mol. The third-order valence-corrected chi connectivity index (χ3v) is 2.23. The van der Waals surface area contributed by atoms with Crippen LogP contribution in [0.4, 0.5) is 4.79 Å². The van der Waals surface area contributed by atoms with Gasteiger partial charge in [-0.25, -0.2) is 4.79 Å². The molecule has 4 heteroatoms. The molecule has 1 aliphatic rings. The average molecular weight is 201 g/mol. The van der Waals surface area contributed by atoms with Crippen molar-refractivity contribution < 1.29 is 14.6 Å². The van der Waals surface area contributed by atoms with Crippen molar-refractivity contribution >= 4 is 6.09 Å². The molecule has 4 nitrogen and oxygen atoms in total. The van der Waals surface area contributed by atoms with E-state index in [2.05, 4.69) is 0 Å². The Morgan fingerprint density at radius 3 is 2.64 bits per heavy atom. The summed E-state index contributed by atoms with van der Waals surface area (Å²) in [5.74, 6) is 0.346. The number of carbonyl (C=O) groups excluding carboxylic acids is 1. The van der Waals surface area contributed by atoms with Gasteiger partial charge in [-0.3, -0.25) is 0 Å². The first-order chi connectivity index (χ1) is 6.49. The summed E-state index contributed by atoms with van der Waals surface area (Å²) < 4.78 is 5.06. The third-order valence-electron chi connectivity index (χ3n) is 2.23. The summed E-state index contributed by atoms with van der Waals surface area (Å²) in [5, 5.41) is 9.48. The molecule has 1 saturated heterocycles. The predicted molar refractivity (Wildman–Crippen MR) is 53.0 cm³/mol. The van der Waals surface area contributed by atoms with Gasteiger partial charge in [0, 0.05) is 13.1 Å². The van der Waals surface area contributed by atoms with Gasteiger partial charge >= 0.3 is 6.09 Å². The number of ether oxygens (including phenoxy) is 1. The van der Waals surface area contributed by atoms with Crippen LogP contribution in [0.15, 0.2) is 0 Å². The van der Waals surface area contributed by atoms with E-state index in [4.69, 9.17) is 4.74 Å². The molecule has 0 aromatic rings. The highest BCUT2D eigenvalue weighted by molar-refractivity contribution is 5.68. The molecule has 0 bridgehead atoms. The van der Waals surface area contributed by atoms with E-state index in [9.17, 15) is 9.90 Å². The van der Waals surface area contributed by atoms with Crippen molar-refractivity contribution in [3.63, 3.8) is 0 Å². The topological polar surface area (TPSA) is 49.8 Å². The normalized spacial score (nSPS) is 27.9. The zero-order valence-electron chi connectivity index (χ0n) is 9.06. The maximum absolute atomic E-state index is 11.5. The predicted octanol–water partition coefficient (Wildman–Crippen LogP) is 1.23. The smallest absolute Gasteiger partial charge is 0.410 e. The molecule has 0 spiro atoms. The Morgan fingerprint density at radius 2 is 2.14 bits per heavy atom. The number of β-amino-alcohol motifs (C(OH)–C–C–N with tert-alkyl or cyclic N) is 1. The number of rotatable bonds is 1. The van der Waals surface area contributed by atoms with Crippen LogP contribution in [-0.2, 0) is 4.74 Å². The maximum atomic E-state index is 11.5. The minimum absolute atomic E-state index is 0.100. The Hall–Kier alpha value is -0.770. The Labute approximate surface area is 84.8 Å². The number of aliphatic hydroxyl groups is 1. The second kappa shape index (κ2) is 4.64. The molecule has 0 radical (unpaired) electrons. The van der Waals surface area contributed by atoms with Crippen molar-refractivity contribution in [1.29, 1.82) is 0 Å². The summed E-state index contributed by atoms with van der Waals surface area (Å²) >= 11 is 0. The summed E-state index contributed by atoms with van der Waals surface area (Å²) in [5.41, 5.74) is 0. The second-order valence-electron chi connectivity index (χ2n) is 4.33. The number of amides is 1. The summed E-state index contributed by atoms with van der Waals surface area (Å²) in [6, 6.07) is 0. The molecular formula is C10H19NO3. The van der Waals surface area contributed by atoms with Gasteiger partial charge < -0.3 is 14.7 Å². The summed E-state index contributed by atoms with van der Waals surface area (Å²) in [7, 11) is 0. The SMILES string of the molecule is CC1CC(O)CN(C(=O)OC(C)C)C1. The van der Waals surface area contributed by atoms with Crippen LogP contribution < -0.4 is 0 Å². The van der Waals surface area contributed by atoms with Gasteiger partial charge in [0.1, 0.15) is 0 Å². The van der Waals surface area contributed by atoms with Crippen molar-refractivity contribution in [1.82, 2.24) is 4.90 Å². The highest BCUT2D eigenvalue weighted by Crippen LogP contribution is 2.17. The van der Waals surface area contributed by atoms with Crippen LogP contribution in [0.25, 0.3) is 0 Å². The van der Waals surface area contributed by atoms with Crippen LogP contribution in [0.5, 0.6) is 0 Å². The summed E-state index contributed by atoms with van der Waals surface area (Å²) in [6.07, 6.45) is -0.0493. The molecule has 1 amide bonds. The molecule has 0 saturated carbocycles. The quantitative estimate of drug-likeness (QED) is 0.694. The maximum Gasteiger partial charge on any atom is 0.410 e. The first kappa shape index (κ1) is 11.3. The van der Waals surface area contributed by atoms with Gasteiger partial charge in [0.2, 0.25) is 0 Å². The van der Waals surface area contributed by atoms with Crippen molar-refractivity contribution in [3.8, 4) is 0 Å². The molecule has 0 aromatic heterocycles. The molecule has 14 heavy (non-hydrogen) atoms. The van der Waals surface area contributed by atoms with Gasteiger partial charge in [-0.15, -0.1) is 0 Å². The van der Waals surface area contributed by atoms with Gasteiger partial charge in [0.05, 0.1) is 12.2 Å². The molecule has 2 atom stereocenters. The van der Waals surface area contributed by atoms with Gasteiger partial charge in [-0.1, -0.05) is 6.92 Å². The molecule has 2 unspecified atom stereocenters. The minimum Gasteiger partial charge on any atom is -0.447 e. The number of likely N-dealkylation sites (tertiary alicyclic amines) is 1. The van der Waals surface area contributed by atoms with Gasteiger partial charge in [0.25, 0.3) is 0 Å². The fraction of sp³-hybridized carbons (Fsp3) is 0.900. The highest BCUT2D eigenvalue weighted by atomic mass is 16.6. The molecule has 0 aliphatic carbocycles. The lowest BCUT2D eigenvalue weighted by Gasteiger charge is -2.33. The van der Waals surface area contributed by atoms with Crippen LogP contribution in [0.3, 0.4) is 0 Å². The van der Waals surface area contributed by atoms with E-state index < -0.39 is 6.10 Å². The molecule has 1 fully saturated rings. The van der Waals surface area contributed by atoms with Gasteiger partial charge in [-0.05, 0) is 26.2 Å². The Morgan fingerprint density at radius 1 is 1.50 bits per heavy atom. The largest absolute Gasteiger partial charge is 0.447 e. The van der Waals surface area contributed by atoms with Crippen molar-refractivity contribution in [2.45, 2.75) is 39.4 Å². The van der Waals surface area contributed by atoms with E-state index in [1.165, 1.54) is 0 Å². The fourth-order valence-electron chi connectivity index (χ4n) is 1.74. The third kappa shape index (κ3) is 3.18. The van der Waals surface area contributed by atoms with E-state index in [-0.39, 0.29) is 12.2 Å². The average Bonchev–Trinajstić information content (AvgIpc) is 2.00. The standard InChI is InChI=1S/C10H19NO3/c1-7(2)14-10(13)11-5-8(3)4-9(12)6-11/h7-9,12H,4-6H2,1-3H3. The fourth-order valence-corrected chi connectivity index (χ4v) is 1.74. The molecule has 1 heterocycles. The van der Waals surface area contributed by atoms with E-state index in [0.717, 1.165) is 6.42 Å². The lowest BCUT2D eigenvalue weighted by Crippen LogP contribution is -2.46. The van der Waals surface area contributed by atoms with Crippen LogP contribution >= 0.6 is 0 Å². The molecule has 1 N–H and O–H groups in total. The van der Waals surface area contributed by atoms with Gasteiger partial charge in [-0.2, -0.15) is 0 Å². The molecular weight excluding hydrogens is 182 g/mol. The van der Waals surface area contributed by atoms with Crippen LogP contribution in [0, 0.1) is 5.92 Å². The van der Waals surface area contributed by atoms with Crippen molar-refractivity contribution in [2.24, 2.45) is 5.92 Å². The number of aliphatic hydroxyl groups excluding tert-OH is 1. The first-order valence-corrected chi connectivity index (χ1v) is 5.12. The van der Waals surface area contributed by atoms with Crippen LogP contribution in [0.1, 0.15) is 27.2 Å². The molecule has 1 rings (SSSR count). The molecule has 1 aliphatic heterocycles. The second-order valence-corrected chi connectivity index (χ2v) is 4.33. The Bertz CT molecular complexity index is 196. The Balaban J connectivity index is 2.46. The van der Waals surface area contributed by atoms with Crippen LogP contribution in [-0.4, -0.2) is 41.4 Å².